The maximum absolute atomic E-state index is 4.44. The first kappa shape index (κ1) is 10.1. The van der Waals surface area contributed by atoms with E-state index in [1.54, 1.807) is 23.7 Å². The number of nitrogens with zero attached hydrogens (tertiary/aromatic N) is 2. The number of thiazole rings is 1. The third-order valence-electron chi connectivity index (χ3n) is 2.11. The summed E-state index contributed by atoms with van der Waals surface area (Å²) in [4.78, 5) is 8.41. The van der Waals surface area contributed by atoms with Crippen LogP contribution >= 0.6 is 11.3 Å². The number of pyridine rings is 1. The second-order valence-electron chi connectivity index (χ2n) is 3.21. The maximum Gasteiger partial charge on any atom is 0.183 e. The fraction of sp³-hybridized carbons (Fsp3) is 0.273. The summed E-state index contributed by atoms with van der Waals surface area (Å²) in [7, 11) is 0. The lowest BCUT2D eigenvalue weighted by Gasteiger charge is -2.01. The summed E-state index contributed by atoms with van der Waals surface area (Å²) in [6, 6.07) is 4.00. The molecule has 3 nitrogen and oxygen atoms in total. The highest BCUT2D eigenvalue weighted by Gasteiger charge is 1.99. The SMILES string of the molecule is CCc1csc(NCc2ccncc2)n1. The summed E-state index contributed by atoms with van der Waals surface area (Å²) in [5.41, 5.74) is 2.37. The fourth-order valence-corrected chi connectivity index (χ4v) is 2.02. The van der Waals surface area contributed by atoms with E-state index in [-0.39, 0.29) is 0 Å². The normalized spacial score (nSPS) is 10.2. The van der Waals surface area contributed by atoms with E-state index in [2.05, 4.69) is 27.6 Å². The van der Waals surface area contributed by atoms with Crippen molar-refractivity contribution in [2.45, 2.75) is 19.9 Å². The van der Waals surface area contributed by atoms with Gasteiger partial charge >= 0.3 is 0 Å². The predicted molar refractivity (Wildman–Crippen MR) is 63.1 cm³/mol. The van der Waals surface area contributed by atoms with E-state index < -0.39 is 0 Å². The summed E-state index contributed by atoms with van der Waals surface area (Å²) in [5, 5.41) is 6.38. The smallest absolute Gasteiger partial charge is 0.183 e. The van der Waals surface area contributed by atoms with Gasteiger partial charge in [0.1, 0.15) is 0 Å². The molecule has 0 bridgehead atoms. The Kier molecular flexibility index (Phi) is 3.29. The van der Waals surface area contributed by atoms with Crippen molar-refractivity contribution in [2.75, 3.05) is 5.32 Å². The van der Waals surface area contributed by atoms with Crippen molar-refractivity contribution >= 4 is 16.5 Å². The largest absolute Gasteiger partial charge is 0.357 e. The van der Waals surface area contributed by atoms with Crippen molar-refractivity contribution in [3.8, 4) is 0 Å². The van der Waals surface area contributed by atoms with Gasteiger partial charge in [-0.3, -0.25) is 4.98 Å². The Morgan fingerprint density at radius 3 is 2.80 bits per heavy atom. The van der Waals surface area contributed by atoms with E-state index in [4.69, 9.17) is 0 Å². The highest BCUT2D eigenvalue weighted by Crippen LogP contribution is 2.16. The summed E-state index contributed by atoms with van der Waals surface area (Å²) in [6.45, 7) is 2.92. The lowest BCUT2D eigenvalue weighted by atomic mass is 10.3. The Labute approximate surface area is 93.2 Å². The molecular weight excluding hydrogens is 206 g/mol. The van der Waals surface area contributed by atoms with Crippen molar-refractivity contribution in [1.82, 2.24) is 9.97 Å². The zero-order valence-electron chi connectivity index (χ0n) is 8.60. The van der Waals surface area contributed by atoms with E-state index in [0.717, 1.165) is 23.8 Å². The van der Waals surface area contributed by atoms with Crippen LogP contribution in [-0.4, -0.2) is 9.97 Å². The topological polar surface area (TPSA) is 37.8 Å². The number of aromatic nitrogens is 2. The summed E-state index contributed by atoms with van der Waals surface area (Å²) >= 11 is 1.66. The molecule has 0 aliphatic carbocycles. The molecule has 0 saturated carbocycles. The average Bonchev–Trinajstić information content (AvgIpc) is 2.76. The molecule has 0 aliphatic rings. The second kappa shape index (κ2) is 4.89. The van der Waals surface area contributed by atoms with Gasteiger partial charge < -0.3 is 5.32 Å². The van der Waals surface area contributed by atoms with Gasteiger partial charge in [0.25, 0.3) is 0 Å². The van der Waals surface area contributed by atoms with Crippen LogP contribution in [0, 0.1) is 0 Å². The van der Waals surface area contributed by atoms with Gasteiger partial charge in [0.05, 0.1) is 5.69 Å². The molecule has 2 rings (SSSR count). The number of hydrogen-bond donors (Lipinski definition) is 1. The highest BCUT2D eigenvalue weighted by molar-refractivity contribution is 7.13. The standard InChI is InChI=1S/C11H13N3S/c1-2-10-8-15-11(14-10)13-7-9-3-5-12-6-4-9/h3-6,8H,2,7H2,1H3,(H,13,14). The summed E-state index contributed by atoms with van der Waals surface area (Å²) < 4.78 is 0. The van der Waals surface area contributed by atoms with Crippen molar-refractivity contribution in [3.63, 3.8) is 0 Å². The fourth-order valence-electron chi connectivity index (χ4n) is 1.23. The molecule has 0 radical (unpaired) electrons. The minimum Gasteiger partial charge on any atom is -0.357 e. The molecule has 0 unspecified atom stereocenters. The van der Waals surface area contributed by atoms with Crippen LogP contribution in [0.15, 0.2) is 29.9 Å². The number of nitrogens with one attached hydrogen (secondary N) is 1. The molecule has 15 heavy (non-hydrogen) atoms. The van der Waals surface area contributed by atoms with Crippen LogP contribution in [0.1, 0.15) is 18.2 Å². The van der Waals surface area contributed by atoms with E-state index in [0.29, 0.717) is 0 Å². The summed E-state index contributed by atoms with van der Waals surface area (Å²) in [6.07, 6.45) is 4.60. The molecule has 2 aromatic heterocycles. The molecule has 4 heteroatoms. The first-order chi connectivity index (χ1) is 7.38. The predicted octanol–water partition coefficient (Wildman–Crippen LogP) is 2.71. The highest BCUT2D eigenvalue weighted by atomic mass is 32.1. The number of anilines is 1. The van der Waals surface area contributed by atoms with E-state index in [1.807, 2.05) is 12.1 Å². The molecule has 0 saturated heterocycles. The molecule has 0 aromatic carbocycles. The Morgan fingerprint density at radius 1 is 1.33 bits per heavy atom. The van der Waals surface area contributed by atoms with Gasteiger partial charge in [-0.05, 0) is 24.1 Å². The third kappa shape index (κ3) is 2.76. The van der Waals surface area contributed by atoms with Crippen LogP contribution in [0.5, 0.6) is 0 Å². The van der Waals surface area contributed by atoms with Crippen molar-refractivity contribution in [1.29, 1.82) is 0 Å². The molecule has 1 N–H and O–H groups in total. The molecule has 0 aliphatic heterocycles. The summed E-state index contributed by atoms with van der Waals surface area (Å²) in [5.74, 6) is 0. The monoisotopic (exact) mass is 219 g/mol. The van der Waals surface area contributed by atoms with Crippen LogP contribution < -0.4 is 5.32 Å². The zero-order chi connectivity index (χ0) is 10.5. The van der Waals surface area contributed by atoms with Gasteiger partial charge in [-0.2, -0.15) is 0 Å². The molecule has 78 valence electrons. The molecule has 2 aromatic rings. The molecule has 0 spiro atoms. The minimum atomic E-state index is 0.805. The second-order valence-corrected chi connectivity index (χ2v) is 4.06. The Balaban J connectivity index is 1.93. The number of aryl methyl sites for hydroxylation is 1. The van der Waals surface area contributed by atoms with Gasteiger partial charge in [0.2, 0.25) is 0 Å². The van der Waals surface area contributed by atoms with E-state index in [9.17, 15) is 0 Å². The van der Waals surface area contributed by atoms with Crippen LogP contribution in [-0.2, 0) is 13.0 Å². The van der Waals surface area contributed by atoms with Crippen molar-refractivity contribution in [3.05, 3.63) is 41.2 Å². The first-order valence-electron chi connectivity index (χ1n) is 4.95. The lowest BCUT2D eigenvalue weighted by molar-refractivity contribution is 1.04. The van der Waals surface area contributed by atoms with E-state index in [1.165, 1.54) is 5.56 Å². The molecule has 0 amide bonds. The van der Waals surface area contributed by atoms with Crippen LogP contribution in [0.3, 0.4) is 0 Å². The van der Waals surface area contributed by atoms with Crippen LogP contribution in [0.4, 0.5) is 5.13 Å². The quantitative estimate of drug-likeness (QED) is 0.859. The van der Waals surface area contributed by atoms with Crippen LogP contribution in [0.2, 0.25) is 0 Å². The molecule has 2 heterocycles. The maximum atomic E-state index is 4.44. The number of rotatable bonds is 4. The first-order valence-corrected chi connectivity index (χ1v) is 5.83. The third-order valence-corrected chi connectivity index (χ3v) is 2.96. The van der Waals surface area contributed by atoms with Gasteiger partial charge in [-0.25, -0.2) is 4.98 Å². The number of hydrogen-bond acceptors (Lipinski definition) is 4. The van der Waals surface area contributed by atoms with Crippen molar-refractivity contribution in [2.24, 2.45) is 0 Å². The van der Waals surface area contributed by atoms with Gasteiger partial charge in [0, 0.05) is 24.3 Å². The Hall–Kier alpha value is -1.42. The molecule has 0 fully saturated rings. The van der Waals surface area contributed by atoms with Gasteiger partial charge in [0.15, 0.2) is 5.13 Å². The molecular formula is C11H13N3S. The Morgan fingerprint density at radius 2 is 2.13 bits per heavy atom. The van der Waals surface area contributed by atoms with E-state index >= 15 is 0 Å². The molecule has 0 atom stereocenters. The minimum absolute atomic E-state index is 0.805. The van der Waals surface area contributed by atoms with Gasteiger partial charge in [-0.15, -0.1) is 11.3 Å². The van der Waals surface area contributed by atoms with Gasteiger partial charge in [-0.1, -0.05) is 6.92 Å². The van der Waals surface area contributed by atoms with Crippen LogP contribution in [0.25, 0.3) is 0 Å². The zero-order valence-corrected chi connectivity index (χ0v) is 9.42. The average molecular weight is 219 g/mol. The lowest BCUT2D eigenvalue weighted by Crippen LogP contribution is -1.98. The van der Waals surface area contributed by atoms with Crippen molar-refractivity contribution < 1.29 is 0 Å². The Bertz CT molecular complexity index is 411.